The monoisotopic (exact) mass is 412 g/mol. The van der Waals surface area contributed by atoms with Crippen molar-refractivity contribution in [3.05, 3.63) is 42.1 Å². The molecule has 0 atom stereocenters. The summed E-state index contributed by atoms with van der Waals surface area (Å²) in [4.78, 5) is 13.4. The van der Waals surface area contributed by atoms with Crippen LogP contribution in [0.1, 0.15) is 37.7 Å². The lowest BCUT2D eigenvalue weighted by atomic mass is 9.86. The summed E-state index contributed by atoms with van der Waals surface area (Å²) in [6.07, 6.45) is 9.82. The molecule has 2 aromatic rings. The fourth-order valence-corrected chi connectivity index (χ4v) is 5.16. The molecule has 5 rings (SSSR count). The van der Waals surface area contributed by atoms with Gasteiger partial charge in [-0.05, 0) is 42.9 Å². The van der Waals surface area contributed by atoms with Gasteiger partial charge in [-0.15, -0.1) is 0 Å². The van der Waals surface area contributed by atoms with Crippen LogP contribution in [-0.2, 0) is 11.3 Å². The minimum Gasteiger partial charge on any atom is -0.451 e. The standard InChI is InChI=1S/C23H29FN4O2/c24-19-3-4-20(18(13-19)15-27-9-11-29-12-10-27)30-21-14-25-17-26-22(21)28-8-7-23(16-28)5-1-2-6-23/h3-4,13-14,17H,1-2,5-12,15-16H2. The first-order chi connectivity index (χ1) is 14.7. The molecule has 160 valence electrons. The van der Waals surface area contributed by atoms with Crippen LogP contribution in [0.2, 0.25) is 0 Å². The first-order valence-corrected chi connectivity index (χ1v) is 11.0. The van der Waals surface area contributed by atoms with Crippen LogP contribution in [0.4, 0.5) is 10.2 Å². The van der Waals surface area contributed by atoms with Crippen molar-refractivity contribution in [1.29, 1.82) is 0 Å². The van der Waals surface area contributed by atoms with E-state index in [1.165, 1.54) is 38.2 Å². The van der Waals surface area contributed by atoms with E-state index in [1.807, 2.05) is 0 Å². The molecule has 1 spiro atoms. The molecule has 1 aromatic heterocycles. The molecule has 1 aliphatic carbocycles. The van der Waals surface area contributed by atoms with Gasteiger partial charge in [0.2, 0.25) is 0 Å². The van der Waals surface area contributed by atoms with Crippen LogP contribution < -0.4 is 9.64 Å². The Labute approximate surface area is 177 Å². The van der Waals surface area contributed by atoms with Crippen LogP contribution >= 0.6 is 0 Å². The number of aromatic nitrogens is 2. The van der Waals surface area contributed by atoms with Crippen molar-refractivity contribution in [3.63, 3.8) is 0 Å². The summed E-state index contributed by atoms with van der Waals surface area (Å²) in [5, 5.41) is 0. The number of nitrogens with zero attached hydrogens (tertiary/aromatic N) is 4. The van der Waals surface area contributed by atoms with Gasteiger partial charge in [-0.1, -0.05) is 12.8 Å². The van der Waals surface area contributed by atoms with Gasteiger partial charge in [0, 0.05) is 38.3 Å². The fourth-order valence-electron chi connectivity index (χ4n) is 5.16. The molecule has 0 radical (unpaired) electrons. The summed E-state index contributed by atoms with van der Waals surface area (Å²) >= 11 is 0. The van der Waals surface area contributed by atoms with E-state index < -0.39 is 0 Å². The molecule has 7 heteroatoms. The summed E-state index contributed by atoms with van der Waals surface area (Å²) in [7, 11) is 0. The van der Waals surface area contributed by atoms with Gasteiger partial charge in [0.1, 0.15) is 17.9 Å². The van der Waals surface area contributed by atoms with E-state index in [9.17, 15) is 4.39 Å². The molecule has 3 fully saturated rings. The van der Waals surface area contributed by atoms with Crippen LogP contribution in [-0.4, -0.2) is 54.3 Å². The highest BCUT2D eigenvalue weighted by Gasteiger charge is 2.41. The molecular weight excluding hydrogens is 383 g/mol. The number of hydrogen-bond acceptors (Lipinski definition) is 6. The summed E-state index contributed by atoms with van der Waals surface area (Å²) < 4.78 is 25.7. The quantitative estimate of drug-likeness (QED) is 0.740. The minimum atomic E-state index is -0.252. The van der Waals surface area contributed by atoms with E-state index in [0.717, 1.165) is 37.6 Å². The Hall–Kier alpha value is -2.25. The van der Waals surface area contributed by atoms with Gasteiger partial charge < -0.3 is 14.4 Å². The number of ether oxygens (including phenoxy) is 2. The van der Waals surface area contributed by atoms with Gasteiger partial charge in [0.15, 0.2) is 11.6 Å². The molecule has 0 unspecified atom stereocenters. The van der Waals surface area contributed by atoms with E-state index >= 15 is 0 Å². The molecule has 0 bridgehead atoms. The highest BCUT2D eigenvalue weighted by molar-refractivity contribution is 5.54. The summed E-state index contributed by atoms with van der Waals surface area (Å²) in [5.41, 5.74) is 1.28. The van der Waals surface area contributed by atoms with Gasteiger partial charge in [-0.25, -0.2) is 14.4 Å². The molecule has 2 saturated heterocycles. The Morgan fingerprint density at radius 1 is 1.07 bits per heavy atom. The van der Waals surface area contributed by atoms with Crippen molar-refractivity contribution >= 4 is 5.82 Å². The molecule has 1 saturated carbocycles. The van der Waals surface area contributed by atoms with Crippen molar-refractivity contribution in [2.45, 2.75) is 38.6 Å². The Balaban J connectivity index is 1.37. The fraction of sp³-hybridized carbons (Fsp3) is 0.565. The Morgan fingerprint density at radius 3 is 2.73 bits per heavy atom. The van der Waals surface area contributed by atoms with Crippen LogP contribution in [0.3, 0.4) is 0 Å². The van der Waals surface area contributed by atoms with E-state index in [-0.39, 0.29) is 5.82 Å². The van der Waals surface area contributed by atoms with Crippen molar-refractivity contribution in [2.75, 3.05) is 44.3 Å². The number of anilines is 1. The zero-order valence-electron chi connectivity index (χ0n) is 17.4. The van der Waals surface area contributed by atoms with Gasteiger partial charge in [0.25, 0.3) is 0 Å². The van der Waals surface area contributed by atoms with Gasteiger partial charge in [0.05, 0.1) is 19.4 Å². The van der Waals surface area contributed by atoms with Crippen molar-refractivity contribution in [3.8, 4) is 11.5 Å². The first-order valence-electron chi connectivity index (χ1n) is 11.0. The Kier molecular flexibility index (Phi) is 5.56. The summed E-state index contributed by atoms with van der Waals surface area (Å²) in [6.45, 7) is 5.75. The average Bonchev–Trinajstić information content (AvgIpc) is 3.41. The highest BCUT2D eigenvalue weighted by Crippen LogP contribution is 2.47. The number of hydrogen-bond donors (Lipinski definition) is 0. The molecule has 0 N–H and O–H groups in total. The molecule has 6 nitrogen and oxygen atoms in total. The largest absolute Gasteiger partial charge is 0.451 e. The SMILES string of the molecule is Fc1ccc(Oc2cncnc2N2CCC3(CCCC3)C2)c(CN2CCOCC2)c1. The van der Waals surface area contributed by atoms with E-state index in [0.29, 0.717) is 36.7 Å². The third kappa shape index (κ3) is 4.14. The number of halogens is 1. The lowest BCUT2D eigenvalue weighted by molar-refractivity contribution is 0.0339. The zero-order chi connectivity index (χ0) is 20.4. The number of benzene rings is 1. The van der Waals surface area contributed by atoms with Gasteiger partial charge in [-0.2, -0.15) is 0 Å². The molecule has 3 aliphatic rings. The van der Waals surface area contributed by atoms with Crippen molar-refractivity contribution in [1.82, 2.24) is 14.9 Å². The summed E-state index contributed by atoms with van der Waals surface area (Å²) in [6, 6.07) is 4.73. The van der Waals surface area contributed by atoms with Crippen LogP contribution in [0.15, 0.2) is 30.7 Å². The topological polar surface area (TPSA) is 50.7 Å². The van der Waals surface area contributed by atoms with Crippen molar-refractivity contribution in [2.24, 2.45) is 5.41 Å². The maximum atomic E-state index is 14.0. The average molecular weight is 413 g/mol. The molecular formula is C23H29FN4O2. The van der Waals surface area contributed by atoms with E-state index in [1.54, 1.807) is 24.7 Å². The number of morpholine rings is 1. The van der Waals surface area contributed by atoms with Gasteiger partial charge >= 0.3 is 0 Å². The van der Waals surface area contributed by atoms with Crippen LogP contribution in [0, 0.1) is 11.2 Å². The second kappa shape index (κ2) is 8.47. The maximum absolute atomic E-state index is 14.0. The smallest absolute Gasteiger partial charge is 0.188 e. The van der Waals surface area contributed by atoms with Crippen LogP contribution in [0.5, 0.6) is 11.5 Å². The molecule has 0 amide bonds. The highest BCUT2D eigenvalue weighted by atomic mass is 19.1. The second-order valence-corrected chi connectivity index (χ2v) is 8.83. The molecule has 30 heavy (non-hydrogen) atoms. The lowest BCUT2D eigenvalue weighted by Gasteiger charge is -2.27. The predicted molar refractivity (Wildman–Crippen MR) is 112 cm³/mol. The number of rotatable bonds is 5. The van der Waals surface area contributed by atoms with Gasteiger partial charge in [-0.3, -0.25) is 4.90 Å². The van der Waals surface area contributed by atoms with E-state index in [2.05, 4.69) is 19.8 Å². The normalized spacial score (nSPS) is 21.4. The van der Waals surface area contributed by atoms with Crippen LogP contribution in [0.25, 0.3) is 0 Å². The molecule has 2 aliphatic heterocycles. The molecule has 1 aromatic carbocycles. The molecule has 3 heterocycles. The second-order valence-electron chi connectivity index (χ2n) is 8.83. The predicted octanol–water partition coefficient (Wildman–Crippen LogP) is 4.01. The first kappa shape index (κ1) is 19.7. The Bertz CT molecular complexity index is 881. The van der Waals surface area contributed by atoms with E-state index in [4.69, 9.17) is 9.47 Å². The van der Waals surface area contributed by atoms with Crippen molar-refractivity contribution < 1.29 is 13.9 Å². The minimum absolute atomic E-state index is 0.252. The third-order valence-electron chi connectivity index (χ3n) is 6.80. The zero-order valence-corrected chi connectivity index (χ0v) is 17.4. The maximum Gasteiger partial charge on any atom is 0.188 e. The third-order valence-corrected chi connectivity index (χ3v) is 6.80. The lowest BCUT2D eigenvalue weighted by Crippen LogP contribution is -2.35. The Morgan fingerprint density at radius 2 is 1.90 bits per heavy atom. The summed E-state index contributed by atoms with van der Waals surface area (Å²) in [5.74, 6) is 1.89.